The van der Waals surface area contributed by atoms with E-state index in [0.29, 0.717) is 35.6 Å². The van der Waals surface area contributed by atoms with Gasteiger partial charge >= 0.3 is 0 Å². The smallest absolute Gasteiger partial charge is 0.257 e. The first-order valence-corrected chi connectivity index (χ1v) is 14.3. The molecule has 190 valence electrons. The van der Waals surface area contributed by atoms with Crippen LogP contribution in [0.25, 0.3) is 0 Å². The normalized spacial score (nSPS) is 47.7. The van der Waals surface area contributed by atoms with Gasteiger partial charge in [0, 0.05) is 25.2 Å². The molecule has 35 heavy (non-hydrogen) atoms. The van der Waals surface area contributed by atoms with Crippen molar-refractivity contribution in [3.8, 4) is 0 Å². The summed E-state index contributed by atoms with van der Waals surface area (Å²) in [5.41, 5.74) is 0.277. The van der Waals surface area contributed by atoms with E-state index in [4.69, 9.17) is 0 Å². The Morgan fingerprint density at radius 1 is 1.03 bits per heavy atom. The molecule has 6 fully saturated rings. The molecule has 2 heterocycles. The van der Waals surface area contributed by atoms with Crippen LogP contribution in [-0.4, -0.2) is 50.2 Å². The standard InChI is InChI=1S/C29H41N3O3/c1-28(35)8-6-19-17(13-28)4-5-21-20(19)7-9-29(2)25(21)22-12-23(22)26(29)24(33)16-32-15-18(14-30-32)27(34)31-10-3-11-31/h14-15,17,19-23,25-26,35H,3-13,16H2,1-2H3/t17-,19+,20-,21-,22-,23+,25-,26-,28-,29+/m1/s1. The minimum Gasteiger partial charge on any atom is -0.390 e. The fraction of sp³-hybridized carbons (Fsp3) is 0.828. The third kappa shape index (κ3) is 3.41. The van der Waals surface area contributed by atoms with Gasteiger partial charge in [-0.25, -0.2) is 0 Å². The number of hydrogen-bond donors (Lipinski definition) is 1. The molecule has 5 aliphatic carbocycles. The van der Waals surface area contributed by atoms with Crippen LogP contribution in [0, 0.1) is 52.8 Å². The largest absolute Gasteiger partial charge is 0.390 e. The van der Waals surface area contributed by atoms with E-state index >= 15 is 0 Å². The summed E-state index contributed by atoms with van der Waals surface area (Å²) in [6.07, 6.45) is 13.9. The van der Waals surface area contributed by atoms with Crippen LogP contribution >= 0.6 is 0 Å². The fourth-order valence-corrected chi connectivity index (χ4v) is 10.2. The summed E-state index contributed by atoms with van der Waals surface area (Å²) >= 11 is 0. The Balaban J connectivity index is 1.07. The molecule has 7 rings (SSSR count). The van der Waals surface area contributed by atoms with Crippen molar-refractivity contribution in [1.82, 2.24) is 14.7 Å². The van der Waals surface area contributed by atoms with Crippen LogP contribution in [-0.2, 0) is 11.3 Å². The molecule has 0 unspecified atom stereocenters. The first kappa shape index (κ1) is 22.5. The van der Waals surface area contributed by atoms with E-state index in [0.717, 1.165) is 56.0 Å². The van der Waals surface area contributed by atoms with E-state index in [9.17, 15) is 14.7 Å². The second-order valence-corrected chi connectivity index (χ2v) is 13.7. The Bertz CT molecular complexity index is 1040. The summed E-state index contributed by atoms with van der Waals surface area (Å²) in [7, 11) is 0. The van der Waals surface area contributed by atoms with Crippen molar-refractivity contribution in [3.63, 3.8) is 0 Å². The Hall–Kier alpha value is -1.69. The summed E-state index contributed by atoms with van der Waals surface area (Å²) in [5.74, 6) is 5.62. The van der Waals surface area contributed by atoms with Crippen molar-refractivity contribution in [3.05, 3.63) is 18.0 Å². The number of nitrogens with zero attached hydrogens (tertiary/aromatic N) is 3. The molecule has 1 amide bonds. The van der Waals surface area contributed by atoms with Crippen molar-refractivity contribution in [1.29, 1.82) is 0 Å². The Morgan fingerprint density at radius 2 is 1.83 bits per heavy atom. The predicted octanol–water partition coefficient (Wildman–Crippen LogP) is 4.17. The number of rotatable bonds is 4. The maximum absolute atomic E-state index is 13.8. The zero-order chi connectivity index (χ0) is 24.1. The first-order chi connectivity index (χ1) is 16.7. The summed E-state index contributed by atoms with van der Waals surface area (Å²) in [5, 5.41) is 15.1. The maximum Gasteiger partial charge on any atom is 0.257 e. The Labute approximate surface area is 208 Å². The number of carbonyl (C=O) groups excluding carboxylic acids is 2. The molecule has 6 nitrogen and oxygen atoms in total. The van der Waals surface area contributed by atoms with Crippen molar-refractivity contribution in [2.45, 2.75) is 83.8 Å². The third-order valence-corrected chi connectivity index (χ3v) is 11.7. The maximum atomic E-state index is 13.8. The highest BCUT2D eigenvalue weighted by molar-refractivity contribution is 5.94. The van der Waals surface area contributed by atoms with Gasteiger partial charge < -0.3 is 10.0 Å². The topological polar surface area (TPSA) is 75.4 Å². The van der Waals surface area contributed by atoms with E-state index < -0.39 is 5.60 Å². The van der Waals surface area contributed by atoms with Gasteiger partial charge in [0.25, 0.3) is 5.91 Å². The molecule has 1 aromatic heterocycles. The lowest BCUT2D eigenvalue weighted by Gasteiger charge is -2.57. The van der Waals surface area contributed by atoms with E-state index in [1.807, 2.05) is 11.8 Å². The summed E-state index contributed by atoms with van der Waals surface area (Å²) < 4.78 is 1.72. The van der Waals surface area contributed by atoms with Crippen LogP contribution in [0.3, 0.4) is 0 Å². The average Bonchev–Trinajstić information content (AvgIpc) is 3.26. The Kier molecular flexibility index (Phi) is 4.92. The monoisotopic (exact) mass is 479 g/mol. The lowest BCUT2D eigenvalue weighted by Crippen LogP contribution is -2.52. The van der Waals surface area contributed by atoms with Gasteiger partial charge in [-0.2, -0.15) is 5.10 Å². The van der Waals surface area contributed by atoms with Crippen molar-refractivity contribution < 1.29 is 14.7 Å². The van der Waals surface area contributed by atoms with E-state index in [1.54, 1.807) is 17.1 Å². The molecule has 5 saturated carbocycles. The predicted molar refractivity (Wildman–Crippen MR) is 131 cm³/mol. The van der Waals surface area contributed by atoms with Crippen LogP contribution in [0.2, 0.25) is 0 Å². The molecule has 1 N–H and O–H groups in total. The number of amides is 1. The van der Waals surface area contributed by atoms with Gasteiger partial charge in [-0.15, -0.1) is 0 Å². The van der Waals surface area contributed by atoms with Crippen molar-refractivity contribution >= 4 is 11.7 Å². The number of Topliss-reactive ketones (excluding diaryl/α,β-unsaturated/α-hetero) is 1. The molecule has 0 radical (unpaired) electrons. The van der Waals surface area contributed by atoms with E-state index in [-0.39, 0.29) is 17.2 Å². The molecule has 0 bridgehead atoms. The van der Waals surface area contributed by atoms with Gasteiger partial charge in [0.1, 0.15) is 0 Å². The van der Waals surface area contributed by atoms with Gasteiger partial charge in [0.05, 0.1) is 23.9 Å². The van der Waals surface area contributed by atoms with E-state index in [1.165, 1.54) is 38.5 Å². The van der Waals surface area contributed by atoms with Crippen LogP contribution in [0.5, 0.6) is 0 Å². The second kappa shape index (κ2) is 7.66. The molecule has 1 aliphatic heterocycles. The third-order valence-electron chi connectivity index (χ3n) is 11.7. The van der Waals surface area contributed by atoms with Crippen LogP contribution in [0.1, 0.15) is 82.0 Å². The molecular weight excluding hydrogens is 438 g/mol. The number of fused-ring (bicyclic) bond motifs is 7. The summed E-state index contributed by atoms with van der Waals surface area (Å²) in [6, 6.07) is 0. The van der Waals surface area contributed by atoms with E-state index in [2.05, 4.69) is 12.0 Å². The van der Waals surface area contributed by atoms with Gasteiger partial charge in [0.2, 0.25) is 0 Å². The van der Waals surface area contributed by atoms with Gasteiger partial charge in [-0.3, -0.25) is 14.3 Å². The molecule has 1 aromatic rings. The molecule has 1 saturated heterocycles. The number of ketones is 1. The highest BCUT2D eigenvalue weighted by Crippen LogP contribution is 2.74. The van der Waals surface area contributed by atoms with Gasteiger partial charge in [-0.1, -0.05) is 6.92 Å². The van der Waals surface area contributed by atoms with Crippen LogP contribution in [0.15, 0.2) is 12.4 Å². The fourth-order valence-electron chi connectivity index (χ4n) is 10.2. The highest BCUT2D eigenvalue weighted by atomic mass is 16.3. The lowest BCUT2D eigenvalue weighted by molar-refractivity contribution is -0.136. The van der Waals surface area contributed by atoms with Gasteiger partial charge in [-0.05, 0) is 112 Å². The molecule has 0 aromatic carbocycles. The van der Waals surface area contributed by atoms with Crippen molar-refractivity contribution in [2.24, 2.45) is 52.8 Å². The molecular formula is C29H41N3O3. The summed E-state index contributed by atoms with van der Waals surface area (Å²) in [4.78, 5) is 28.1. The number of hydrogen-bond acceptors (Lipinski definition) is 4. The molecule has 10 atom stereocenters. The lowest BCUT2D eigenvalue weighted by atomic mass is 9.48. The average molecular weight is 480 g/mol. The Morgan fingerprint density at radius 3 is 2.60 bits per heavy atom. The van der Waals surface area contributed by atoms with Crippen LogP contribution < -0.4 is 0 Å². The number of aliphatic hydroxyl groups is 1. The quantitative estimate of drug-likeness (QED) is 0.703. The molecule has 6 aliphatic rings. The highest BCUT2D eigenvalue weighted by Gasteiger charge is 2.70. The SMILES string of the molecule is C[C@@]1(O)CC[C@H]2[C@H](CC[C@@H]3[C@@H]2CC[C@@]2(C)[C@H]3[C@@H]3C[C@@H]3[C@@H]2C(=O)Cn2cc(C(=O)N3CCC3)cn2)C1. The van der Waals surface area contributed by atoms with Gasteiger partial charge in [0.15, 0.2) is 5.78 Å². The minimum atomic E-state index is -0.462. The number of likely N-dealkylation sites (tertiary alicyclic amines) is 1. The second-order valence-electron chi connectivity index (χ2n) is 13.7. The van der Waals surface area contributed by atoms with Crippen molar-refractivity contribution in [2.75, 3.05) is 13.1 Å². The minimum absolute atomic E-state index is 0.0447. The molecule has 0 spiro atoms. The van der Waals surface area contributed by atoms with Crippen LogP contribution in [0.4, 0.5) is 0 Å². The zero-order valence-corrected chi connectivity index (χ0v) is 21.4. The zero-order valence-electron chi connectivity index (χ0n) is 21.4. The first-order valence-electron chi connectivity index (χ1n) is 14.3. The number of aromatic nitrogens is 2. The molecule has 6 heteroatoms. The number of carbonyl (C=O) groups is 2. The summed E-state index contributed by atoms with van der Waals surface area (Å²) in [6.45, 7) is 6.45.